The number of amides is 1. The third kappa shape index (κ3) is 5.40. The van der Waals surface area contributed by atoms with Crippen LogP contribution in [0.2, 0.25) is 0 Å². The Labute approximate surface area is 194 Å². The normalized spacial score (nSPS) is 12.4. The van der Waals surface area contributed by atoms with Crippen LogP contribution in [-0.4, -0.2) is 19.3 Å². The van der Waals surface area contributed by atoms with Gasteiger partial charge < -0.3 is 24.3 Å². The highest BCUT2D eigenvalue weighted by Gasteiger charge is 2.16. The smallest absolute Gasteiger partial charge is 0.255 e. The number of benzene rings is 3. The van der Waals surface area contributed by atoms with Crippen molar-refractivity contribution < 1.29 is 23.7 Å². The highest BCUT2D eigenvalue weighted by atomic mass is 16.7. The second kappa shape index (κ2) is 9.45. The summed E-state index contributed by atoms with van der Waals surface area (Å²) in [6, 6.07) is 18.8. The van der Waals surface area contributed by atoms with Crippen LogP contribution in [0.15, 0.2) is 60.7 Å². The number of carbonyl (C=O) groups excluding carboxylic acids is 1. The third-order valence-electron chi connectivity index (χ3n) is 5.37. The van der Waals surface area contributed by atoms with E-state index >= 15 is 0 Å². The summed E-state index contributed by atoms with van der Waals surface area (Å²) in [6.07, 6.45) is 0. The first-order valence-corrected chi connectivity index (χ1v) is 11.0. The van der Waals surface area contributed by atoms with E-state index in [0.29, 0.717) is 35.1 Å². The lowest BCUT2D eigenvalue weighted by molar-refractivity contribution is 0.102. The molecule has 3 aromatic rings. The van der Waals surface area contributed by atoms with Crippen molar-refractivity contribution in [2.45, 2.75) is 39.7 Å². The Hall–Kier alpha value is -3.67. The fraction of sp³-hybridized carbons (Fsp3) is 0.296. The molecule has 172 valence electrons. The van der Waals surface area contributed by atoms with Gasteiger partial charge in [-0.05, 0) is 60.4 Å². The zero-order valence-corrected chi connectivity index (χ0v) is 19.4. The summed E-state index contributed by atoms with van der Waals surface area (Å²) >= 11 is 0. The molecule has 0 aromatic heterocycles. The van der Waals surface area contributed by atoms with E-state index in [0.717, 1.165) is 11.3 Å². The minimum absolute atomic E-state index is 0.0837. The highest BCUT2D eigenvalue weighted by Crippen LogP contribution is 2.34. The summed E-state index contributed by atoms with van der Waals surface area (Å²) in [7, 11) is 0. The SMILES string of the molecule is CCOc1ccc(C(=O)Nc2ccc3c(c2)OCO3)cc1COc1ccc(C(C)(C)C)cc1. The standard InChI is InChI=1S/C27H29NO5/c1-5-30-23-12-6-18(26(29)28-21-9-13-24-25(15-21)33-17-32-24)14-19(23)16-31-22-10-7-20(8-11-22)27(2,3)4/h6-15H,5,16-17H2,1-4H3,(H,28,29). The number of fused-ring (bicyclic) bond motifs is 1. The van der Waals surface area contributed by atoms with Gasteiger partial charge in [-0.2, -0.15) is 0 Å². The molecule has 1 N–H and O–H groups in total. The summed E-state index contributed by atoms with van der Waals surface area (Å²) in [5.41, 5.74) is 3.27. The van der Waals surface area contributed by atoms with E-state index in [-0.39, 0.29) is 24.7 Å². The number of ether oxygens (including phenoxy) is 4. The highest BCUT2D eigenvalue weighted by molar-refractivity contribution is 6.04. The van der Waals surface area contributed by atoms with Gasteiger partial charge in [0.25, 0.3) is 5.91 Å². The molecule has 1 amide bonds. The van der Waals surface area contributed by atoms with Crippen molar-refractivity contribution >= 4 is 11.6 Å². The maximum atomic E-state index is 12.9. The van der Waals surface area contributed by atoms with Gasteiger partial charge in [0.1, 0.15) is 18.1 Å². The Kier molecular flexibility index (Phi) is 6.45. The zero-order chi connectivity index (χ0) is 23.4. The summed E-state index contributed by atoms with van der Waals surface area (Å²) in [5, 5.41) is 2.90. The lowest BCUT2D eigenvalue weighted by Crippen LogP contribution is -2.13. The lowest BCUT2D eigenvalue weighted by Gasteiger charge is -2.19. The van der Waals surface area contributed by atoms with E-state index in [9.17, 15) is 4.79 Å². The summed E-state index contributed by atoms with van der Waals surface area (Å²) in [6.45, 7) is 9.46. The zero-order valence-electron chi connectivity index (χ0n) is 19.4. The summed E-state index contributed by atoms with van der Waals surface area (Å²) in [5.74, 6) is 2.52. The predicted molar refractivity (Wildman–Crippen MR) is 128 cm³/mol. The number of anilines is 1. The molecule has 0 saturated heterocycles. The molecular formula is C27H29NO5. The van der Waals surface area contributed by atoms with Crippen molar-refractivity contribution in [3.8, 4) is 23.0 Å². The molecule has 3 aromatic carbocycles. The number of hydrogen-bond donors (Lipinski definition) is 1. The average Bonchev–Trinajstić information content (AvgIpc) is 3.26. The maximum absolute atomic E-state index is 12.9. The van der Waals surface area contributed by atoms with Crippen LogP contribution in [0.25, 0.3) is 0 Å². The molecular weight excluding hydrogens is 418 g/mol. The van der Waals surface area contributed by atoms with Crippen molar-refractivity contribution in [1.29, 1.82) is 0 Å². The Morgan fingerprint density at radius 2 is 1.70 bits per heavy atom. The molecule has 1 heterocycles. The first kappa shape index (κ1) is 22.5. The van der Waals surface area contributed by atoms with E-state index < -0.39 is 0 Å². The quantitative estimate of drug-likeness (QED) is 0.485. The molecule has 0 atom stereocenters. The van der Waals surface area contributed by atoms with Crippen molar-refractivity contribution in [2.24, 2.45) is 0 Å². The molecule has 0 aliphatic carbocycles. The van der Waals surface area contributed by atoms with Crippen molar-refractivity contribution in [1.82, 2.24) is 0 Å². The van der Waals surface area contributed by atoms with Gasteiger partial charge in [-0.3, -0.25) is 4.79 Å². The third-order valence-corrected chi connectivity index (χ3v) is 5.37. The molecule has 0 saturated carbocycles. The fourth-order valence-corrected chi connectivity index (χ4v) is 3.52. The maximum Gasteiger partial charge on any atom is 0.255 e. The molecule has 0 bridgehead atoms. The first-order valence-electron chi connectivity index (χ1n) is 11.0. The Morgan fingerprint density at radius 1 is 0.939 bits per heavy atom. The van der Waals surface area contributed by atoms with Crippen LogP contribution in [0, 0.1) is 0 Å². The van der Waals surface area contributed by atoms with E-state index in [2.05, 4.69) is 38.2 Å². The number of hydrogen-bond acceptors (Lipinski definition) is 5. The van der Waals surface area contributed by atoms with Crippen molar-refractivity contribution in [3.05, 3.63) is 77.4 Å². The molecule has 6 nitrogen and oxygen atoms in total. The van der Waals surface area contributed by atoms with Crippen LogP contribution in [0.5, 0.6) is 23.0 Å². The van der Waals surface area contributed by atoms with Crippen molar-refractivity contribution in [3.63, 3.8) is 0 Å². The molecule has 6 heteroatoms. The number of nitrogens with one attached hydrogen (secondary N) is 1. The Balaban J connectivity index is 1.48. The predicted octanol–water partition coefficient (Wildman–Crippen LogP) is 5.94. The molecule has 0 unspecified atom stereocenters. The van der Waals surface area contributed by atoms with Crippen LogP contribution in [-0.2, 0) is 12.0 Å². The van der Waals surface area contributed by atoms with Crippen LogP contribution >= 0.6 is 0 Å². The van der Waals surface area contributed by atoms with E-state index in [1.165, 1.54) is 5.56 Å². The van der Waals surface area contributed by atoms with Gasteiger partial charge in [0.05, 0.1) is 6.61 Å². The van der Waals surface area contributed by atoms with E-state index in [1.807, 2.05) is 19.1 Å². The number of carbonyl (C=O) groups is 1. The monoisotopic (exact) mass is 447 g/mol. The summed E-state index contributed by atoms with van der Waals surface area (Å²) in [4.78, 5) is 12.9. The molecule has 1 aliphatic heterocycles. The van der Waals surface area contributed by atoms with Crippen LogP contribution in [0.4, 0.5) is 5.69 Å². The molecule has 33 heavy (non-hydrogen) atoms. The van der Waals surface area contributed by atoms with Gasteiger partial charge in [-0.1, -0.05) is 32.9 Å². The largest absolute Gasteiger partial charge is 0.493 e. The van der Waals surface area contributed by atoms with E-state index in [1.54, 1.807) is 36.4 Å². The molecule has 1 aliphatic rings. The average molecular weight is 448 g/mol. The topological polar surface area (TPSA) is 66.0 Å². The second-order valence-electron chi connectivity index (χ2n) is 8.84. The first-order chi connectivity index (χ1) is 15.8. The summed E-state index contributed by atoms with van der Waals surface area (Å²) < 4.78 is 22.5. The molecule has 0 fully saturated rings. The van der Waals surface area contributed by atoms with Gasteiger partial charge in [0.15, 0.2) is 11.5 Å². The molecule has 0 radical (unpaired) electrons. The Bertz CT molecular complexity index is 1130. The van der Waals surface area contributed by atoms with Crippen LogP contribution in [0.3, 0.4) is 0 Å². The van der Waals surface area contributed by atoms with Gasteiger partial charge in [-0.15, -0.1) is 0 Å². The Morgan fingerprint density at radius 3 is 2.42 bits per heavy atom. The van der Waals surface area contributed by atoms with Gasteiger partial charge >= 0.3 is 0 Å². The van der Waals surface area contributed by atoms with Crippen LogP contribution in [0.1, 0.15) is 49.2 Å². The lowest BCUT2D eigenvalue weighted by atomic mass is 9.87. The van der Waals surface area contributed by atoms with Gasteiger partial charge in [0, 0.05) is 22.9 Å². The van der Waals surface area contributed by atoms with Gasteiger partial charge in [0.2, 0.25) is 6.79 Å². The van der Waals surface area contributed by atoms with Gasteiger partial charge in [-0.25, -0.2) is 0 Å². The number of rotatable bonds is 7. The second-order valence-corrected chi connectivity index (χ2v) is 8.84. The minimum Gasteiger partial charge on any atom is -0.493 e. The minimum atomic E-state index is -0.229. The molecule has 0 spiro atoms. The van der Waals surface area contributed by atoms with Crippen molar-refractivity contribution in [2.75, 3.05) is 18.7 Å². The van der Waals surface area contributed by atoms with Crippen LogP contribution < -0.4 is 24.3 Å². The fourth-order valence-electron chi connectivity index (χ4n) is 3.52. The molecule has 4 rings (SSSR count). The van der Waals surface area contributed by atoms with E-state index in [4.69, 9.17) is 18.9 Å².